The number of carbonyl (C=O) groups is 2. The van der Waals surface area contributed by atoms with Gasteiger partial charge in [0, 0.05) is 13.0 Å². The van der Waals surface area contributed by atoms with Crippen LogP contribution >= 0.6 is 0 Å². The largest absolute Gasteiger partial charge is 1.44 e. The molecule has 4 nitrogen and oxygen atoms in total. The minimum absolute atomic E-state index is 0.0533. The molecule has 1 N–H and O–H groups in total. The van der Waals surface area contributed by atoms with Crippen LogP contribution in [0, 0.1) is 5.92 Å². The highest BCUT2D eigenvalue weighted by molar-refractivity contribution is 6.36. The van der Waals surface area contributed by atoms with Gasteiger partial charge in [-0.25, -0.2) is 4.79 Å². The van der Waals surface area contributed by atoms with Gasteiger partial charge in [-0.15, -0.1) is 0 Å². The minimum atomic E-state index is -0.568. The van der Waals surface area contributed by atoms with E-state index in [-0.39, 0.29) is 17.7 Å². The Kier molecular flexibility index (Phi) is 6.51. The van der Waals surface area contributed by atoms with E-state index in [2.05, 4.69) is 0 Å². The Bertz CT molecular complexity index is 253. The van der Waals surface area contributed by atoms with Crippen LogP contribution in [-0.2, 0) is 14.3 Å². The molecule has 0 aromatic rings. The van der Waals surface area contributed by atoms with Crippen molar-refractivity contribution in [2.75, 3.05) is 7.11 Å². The molecule has 0 spiro atoms. The summed E-state index contributed by atoms with van der Waals surface area (Å²) in [6.07, 6.45) is 1.88. The lowest BCUT2D eigenvalue weighted by Crippen LogP contribution is -2.30. The number of aliphatic hydroxyl groups excluding tert-OH is 1. The van der Waals surface area contributed by atoms with Crippen molar-refractivity contribution in [3.63, 3.8) is 0 Å². The first kappa shape index (κ1) is 15.9. The summed E-state index contributed by atoms with van der Waals surface area (Å²) in [5.74, 6) is -0.199. The maximum atomic E-state index is 11.5. The van der Waals surface area contributed by atoms with E-state index in [1.54, 1.807) is 0 Å². The molecule has 0 aliphatic heterocycles. The maximum absolute atomic E-state index is 11.5. The van der Waals surface area contributed by atoms with Gasteiger partial charge in [-0.05, 0) is 33.6 Å². The van der Waals surface area contributed by atoms with Crippen LogP contribution in [0.4, 0.5) is 0 Å². The first-order valence-corrected chi connectivity index (χ1v) is 6.17. The molecule has 1 aliphatic rings. The molecule has 1 atom stereocenters. The van der Waals surface area contributed by atoms with Crippen molar-refractivity contribution >= 4 is 33.5 Å². The molecule has 1 fully saturated rings. The first-order valence-electron chi connectivity index (χ1n) is 5.35. The predicted octanol–water partition coefficient (Wildman–Crippen LogP) is 0.873. The topological polar surface area (TPSA) is 63.6 Å². The van der Waals surface area contributed by atoms with Crippen LogP contribution in [0.15, 0.2) is 0 Å². The summed E-state index contributed by atoms with van der Waals surface area (Å²) in [6, 6.07) is 0. The third kappa shape index (κ3) is 5.82. The summed E-state index contributed by atoms with van der Waals surface area (Å²) in [6.45, 7) is 5.42. The molecule has 5 heteroatoms. The van der Waals surface area contributed by atoms with Crippen LogP contribution in [0.5, 0.6) is 0 Å². The third-order valence-electron chi connectivity index (χ3n) is 2.01. The Balaban J connectivity index is 0.00000106. The number of rotatable bonds is 3. The number of esters is 1. The highest BCUT2D eigenvalue weighted by Gasteiger charge is 2.60. The fourth-order valence-electron chi connectivity index (χ4n) is 1.14. The van der Waals surface area contributed by atoms with Crippen LogP contribution in [0.1, 0.15) is 33.6 Å². The smallest absolute Gasteiger partial charge is 0.454 e. The van der Waals surface area contributed by atoms with Crippen LogP contribution < -0.4 is 0 Å². The fraction of sp³-hybridized carbons (Fsp3) is 0.818. The maximum Gasteiger partial charge on any atom is 1.44 e. The van der Waals surface area contributed by atoms with Crippen molar-refractivity contribution in [1.82, 2.24) is 0 Å². The zero-order chi connectivity index (χ0) is 12.9. The van der Waals surface area contributed by atoms with Gasteiger partial charge in [0.1, 0.15) is 5.60 Å². The number of aliphatic hydroxyl groups is 1. The molecule has 1 aliphatic carbocycles. The monoisotopic (exact) mass is 239 g/mol. The molecular weight excluding hydrogens is 220 g/mol. The van der Waals surface area contributed by atoms with Gasteiger partial charge in [0.2, 0.25) is 5.78 Å². The van der Waals surface area contributed by atoms with Gasteiger partial charge in [0.15, 0.2) is 0 Å². The second-order valence-corrected chi connectivity index (χ2v) is 5.58. The van der Waals surface area contributed by atoms with Gasteiger partial charge >= 0.3 is 31.7 Å². The van der Waals surface area contributed by atoms with E-state index in [9.17, 15) is 9.59 Å². The average molecular weight is 240 g/mol. The number of carbonyl (C=O) groups excluding carboxylic acids is 2. The molecule has 0 aromatic carbocycles. The van der Waals surface area contributed by atoms with E-state index < -0.39 is 9.65 Å². The molecule has 1 unspecified atom stereocenters. The Labute approximate surface area is 109 Å². The molecule has 0 amide bonds. The van der Waals surface area contributed by atoms with E-state index in [4.69, 9.17) is 9.84 Å². The summed E-state index contributed by atoms with van der Waals surface area (Å²) in [7, 11) is 1.00. The van der Waals surface area contributed by atoms with Gasteiger partial charge in [0.25, 0.3) is 0 Å². The summed E-state index contributed by atoms with van der Waals surface area (Å²) in [5.41, 5.74) is -0.500. The summed E-state index contributed by atoms with van der Waals surface area (Å²) >= 11 is 1.42. The van der Waals surface area contributed by atoms with Gasteiger partial charge < -0.3 is 9.84 Å². The molecule has 0 aromatic heterocycles. The summed E-state index contributed by atoms with van der Waals surface area (Å²) < 4.78 is 4.58. The van der Waals surface area contributed by atoms with E-state index in [1.165, 1.54) is 21.7 Å². The van der Waals surface area contributed by atoms with Gasteiger partial charge in [-0.3, -0.25) is 4.79 Å². The van der Waals surface area contributed by atoms with E-state index in [1.807, 2.05) is 20.8 Å². The normalized spacial score (nSPS) is 16.9. The molecule has 7 radical (unpaired) electrons. The number of ether oxygens (including phenoxy) is 1. The van der Waals surface area contributed by atoms with Crippen molar-refractivity contribution in [3.05, 3.63) is 0 Å². The Hall–Kier alpha value is -0.134. The summed E-state index contributed by atoms with van der Waals surface area (Å²) in [4.78, 5) is 23.0. The van der Waals surface area contributed by atoms with Gasteiger partial charge in [-0.2, -0.15) is 0 Å². The standard InChI is InChI=1S/C10H15O3.CH4O.Mg/c1-10(2,3)13-9(12)6-8(11)7-4-5-7;1-2;/h6-7H,4-5H2,1-3H3;2H,1H3;/q;;+2. The van der Waals surface area contributed by atoms with Crippen molar-refractivity contribution < 1.29 is 19.4 Å². The predicted molar refractivity (Wildman–Crippen MR) is 61.2 cm³/mol. The van der Waals surface area contributed by atoms with Gasteiger partial charge in [-0.1, -0.05) is 0 Å². The summed E-state index contributed by atoms with van der Waals surface area (Å²) in [5, 5.41) is 7.00. The molecule has 1 rings (SSSR count). The lowest BCUT2D eigenvalue weighted by atomic mass is 10.1. The zero-order valence-electron chi connectivity index (χ0n) is 10.4. The van der Waals surface area contributed by atoms with Crippen LogP contribution in [-0.4, -0.2) is 51.3 Å². The molecule has 0 heterocycles. The van der Waals surface area contributed by atoms with Crippen molar-refractivity contribution in [2.45, 2.75) is 43.3 Å². The SMILES string of the molecule is CC(C)(C)OC(=O)[CH]([Mg+2])C(=O)C1CC1.CO. The quantitative estimate of drug-likeness (QED) is 0.451. The van der Waals surface area contributed by atoms with Crippen LogP contribution in [0.2, 0.25) is 4.05 Å². The molecule has 16 heavy (non-hydrogen) atoms. The number of Topliss-reactive ketones (excluding diaryl/α,β-unsaturated/α-hetero) is 1. The minimum Gasteiger partial charge on any atom is -0.454 e. The molecule has 0 saturated heterocycles. The Morgan fingerprint density at radius 3 is 2.06 bits per heavy atom. The highest BCUT2D eigenvalue weighted by atomic mass is 24.4. The first-order chi connectivity index (χ1) is 7.31. The van der Waals surface area contributed by atoms with E-state index in [0.29, 0.717) is 0 Å². The van der Waals surface area contributed by atoms with Crippen LogP contribution in [0.25, 0.3) is 0 Å². The zero-order valence-corrected chi connectivity index (χ0v) is 11.9. The molecule has 0 bridgehead atoms. The van der Waals surface area contributed by atoms with E-state index in [0.717, 1.165) is 20.0 Å². The van der Waals surface area contributed by atoms with Crippen molar-refractivity contribution in [1.29, 1.82) is 0 Å². The third-order valence-corrected chi connectivity index (χ3v) is 2.75. The van der Waals surface area contributed by atoms with E-state index >= 15 is 0 Å². The fourth-order valence-corrected chi connectivity index (χ4v) is 1.56. The molecule has 1 saturated carbocycles. The second kappa shape index (κ2) is 6.56. The van der Waals surface area contributed by atoms with Gasteiger partial charge in [0.05, 0.1) is 0 Å². The number of hydrogen-bond acceptors (Lipinski definition) is 4. The van der Waals surface area contributed by atoms with Crippen LogP contribution in [0.3, 0.4) is 0 Å². The lowest BCUT2D eigenvalue weighted by Gasteiger charge is -2.17. The number of ketones is 1. The Morgan fingerprint density at radius 2 is 1.75 bits per heavy atom. The highest BCUT2D eigenvalue weighted by Crippen LogP contribution is 2.33. The lowest BCUT2D eigenvalue weighted by molar-refractivity contribution is -0.156. The Morgan fingerprint density at radius 1 is 1.31 bits per heavy atom. The molecule has 87 valence electrons. The average Bonchev–Trinajstić information content (AvgIpc) is 2.99. The second-order valence-electron chi connectivity index (χ2n) is 4.76. The molecular formula is C11H19MgO4+2. The number of hydrogen-bond donors (Lipinski definition) is 1. The van der Waals surface area contributed by atoms with Crippen molar-refractivity contribution in [2.24, 2.45) is 5.92 Å². The van der Waals surface area contributed by atoms with Crippen molar-refractivity contribution in [3.8, 4) is 0 Å².